The molecule has 2 N–H and O–H groups in total. The third-order valence-corrected chi connectivity index (χ3v) is 6.46. The van der Waals surface area contributed by atoms with Gasteiger partial charge in [-0.25, -0.2) is 8.42 Å². The fourth-order valence-corrected chi connectivity index (χ4v) is 3.74. The maximum atomic E-state index is 11.8. The van der Waals surface area contributed by atoms with E-state index < -0.39 is 9.84 Å². The number of hydrogen-bond donors (Lipinski definition) is 1. The average molecular weight is 261 g/mol. The molecule has 3 unspecified atom stereocenters. The zero-order valence-corrected chi connectivity index (χ0v) is 12.2. The molecule has 0 heterocycles. The van der Waals surface area contributed by atoms with E-state index in [1.807, 2.05) is 0 Å². The Morgan fingerprint density at radius 1 is 1.29 bits per heavy atom. The highest BCUT2D eigenvalue weighted by atomic mass is 32.2. The van der Waals surface area contributed by atoms with Crippen LogP contribution in [0.2, 0.25) is 0 Å². The van der Waals surface area contributed by atoms with E-state index >= 15 is 0 Å². The molecule has 17 heavy (non-hydrogen) atoms. The molecule has 1 rings (SSSR count). The van der Waals surface area contributed by atoms with Gasteiger partial charge in [-0.1, -0.05) is 13.3 Å². The normalized spacial score (nSPS) is 30.8. The number of rotatable bonds is 5. The number of hydrogen-bond acceptors (Lipinski definition) is 3. The van der Waals surface area contributed by atoms with E-state index in [-0.39, 0.29) is 11.3 Å². The van der Waals surface area contributed by atoms with Crippen LogP contribution in [0.3, 0.4) is 0 Å². The van der Waals surface area contributed by atoms with Gasteiger partial charge >= 0.3 is 0 Å². The molecule has 1 aliphatic carbocycles. The third kappa shape index (κ3) is 4.25. The molecule has 0 amide bonds. The Hall–Kier alpha value is -0.0900. The molecule has 0 aromatic carbocycles. The topological polar surface area (TPSA) is 60.2 Å². The monoisotopic (exact) mass is 261 g/mol. The first-order valence-corrected chi connectivity index (χ1v) is 8.55. The van der Waals surface area contributed by atoms with Gasteiger partial charge in [-0.15, -0.1) is 0 Å². The first-order chi connectivity index (χ1) is 7.86. The van der Waals surface area contributed by atoms with Gasteiger partial charge in [0, 0.05) is 6.04 Å². The molecule has 0 spiro atoms. The summed E-state index contributed by atoms with van der Waals surface area (Å²) in [6.45, 7) is 5.72. The van der Waals surface area contributed by atoms with Crippen molar-refractivity contribution in [3.8, 4) is 0 Å². The minimum atomic E-state index is -2.90. The second kappa shape index (κ2) is 6.19. The van der Waals surface area contributed by atoms with Crippen molar-refractivity contribution >= 4 is 9.84 Å². The van der Waals surface area contributed by atoms with Gasteiger partial charge in [0.1, 0.15) is 0 Å². The minimum Gasteiger partial charge on any atom is -0.327 e. The summed E-state index contributed by atoms with van der Waals surface area (Å²) in [6, 6.07) is 0.208. The van der Waals surface area contributed by atoms with Gasteiger partial charge < -0.3 is 5.73 Å². The summed E-state index contributed by atoms with van der Waals surface area (Å²) in [5.41, 5.74) is 6.11. The van der Waals surface area contributed by atoms with E-state index in [1.54, 1.807) is 13.8 Å². The molecule has 0 aromatic heterocycles. The van der Waals surface area contributed by atoms with E-state index in [9.17, 15) is 8.42 Å². The summed E-state index contributed by atoms with van der Waals surface area (Å²) in [7, 11) is -2.90. The Kier molecular flexibility index (Phi) is 5.45. The second-order valence-electron chi connectivity index (χ2n) is 5.72. The lowest BCUT2D eigenvalue weighted by Gasteiger charge is -2.33. The van der Waals surface area contributed by atoms with E-state index in [1.165, 1.54) is 12.8 Å². The van der Waals surface area contributed by atoms with Crippen LogP contribution in [0, 0.1) is 11.8 Å². The van der Waals surface area contributed by atoms with Gasteiger partial charge in [0.15, 0.2) is 9.84 Å². The van der Waals surface area contributed by atoms with Crippen molar-refractivity contribution < 1.29 is 8.42 Å². The summed E-state index contributed by atoms with van der Waals surface area (Å²) in [6.07, 6.45) is 5.33. The lowest BCUT2D eigenvalue weighted by molar-refractivity contribution is 0.223. The Labute approximate surface area is 106 Å². The van der Waals surface area contributed by atoms with Crippen LogP contribution in [0.4, 0.5) is 0 Å². The van der Waals surface area contributed by atoms with Crippen LogP contribution in [0.25, 0.3) is 0 Å². The van der Waals surface area contributed by atoms with Crippen LogP contribution in [-0.2, 0) is 9.84 Å². The Morgan fingerprint density at radius 3 is 2.47 bits per heavy atom. The lowest BCUT2D eigenvalue weighted by Crippen LogP contribution is -2.37. The first-order valence-electron chi connectivity index (χ1n) is 6.84. The highest BCUT2D eigenvalue weighted by molar-refractivity contribution is 7.91. The van der Waals surface area contributed by atoms with Crippen LogP contribution in [0.1, 0.15) is 52.9 Å². The van der Waals surface area contributed by atoms with Crippen molar-refractivity contribution in [3.63, 3.8) is 0 Å². The van der Waals surface area contributed by atoms with Crippen molar-refractivity contribution in [1.29, 1.82) is 0 Å². The molecule has 1 aliphatic rings. The van der Waals surface area contributed by atoms with Crippen molar-refractivity contribution in [3.05, 3.63) is 0 Å². The van der Waals surface area contributed by atoms with Crippen molar-refractivity contribution in [2.45, 2.75) is 64.2 Å². The van der Waals surface area contributed by atoms with Crippen LogP contribution in [0.15, 0.2) is 0 Å². The zero-order chi connectivity index (χ0) is 13.1. The van der Waals surface area contributed by atoms with E-state index in [2.05, 4.69) is 6.92 Å². The molecule has 0 saturated heterocycles. The van der Waals surface area contributed by atoms with E-state index in [0.717, 1.165) is 25.2 Å². The van der Waals surface area contributed by atoms with Crippen LogP contribution >= 0.6 is 0 Å². The van der Waals surface area contributed by atoms with Crippen LogP contribution in [-0.4, -0.2) is 25.5 Å². The maximum absolute atomic E-state index is 11.8. The molecule has 1 fully saturated rings. The number of sulfone groups is 1. The fourth-order valence-electron chi connectivity index (χ4n) is 2.64. The molecule has 4 heteroatoms. The predicted octanol–water partition coefficient (Wildman–Crippen LogP) is 2.35. The Balaban J connectivity index is 2.50. The van der Waals surface area contributed by atoms with Gasteiger partial charge in [0.25, 0.3) is 0 Å². The summed E-state index contributed by atoms with van der Waals surface area (Å²) in [5, 5.41) is -0.260. The molecule has 0 radical (unpaired) electrons. The van der Waals surface area contributed by atoms with Gasteiger partial charge in [-0.3, -0.25) is 0 Å². The minimum absolute atomic E-state index is 0.208. The standard InChI is InChI=1S/C13H27NO2S/c1-4-11-5-6-13(14)12(9-11)7-8-17(15,16)10(2)3/h10-13H,4-9,14H2,1-3H3. The highest BCUT2D eigenvalue weighted by Crippen LogP contribution is 2.32. The summed E-state index contributed by atoms with van der Waals surface area (Å²) in [4.78, 5) is 0. The van der Waals surface area contributed by atoms with Crippen molar-refractivity contribution in [1.82, 2.24) is 0 Å². The predicted molar refractivity (Wildman–Crippen MR) is 72.6 cm³/mol. The molecular weight excluding hydrogens is 234 g/mol. The second-order valence-corrected chi connectivity index (χ2v) is 8.39. The lowest BCUT2D eigenvalue weighted by atomic mass is 9.76. The zero-order valence-electron chi connectivity index (χ0n) is 11.4. The molecule has 0 aliphatic heterocycles. The summed E-state index contributed by atoms with van der Waals surface area (Å²) < 4.78 is 23.6. The molecule has 1 saturated carbocycles. The third-order valence-electron chi connectivity index (χ3n) is 4.22. The van der Waals surface area contributed by atoms with Gasteiger partial charge in [-0.2, -0.15) is 0 Å². The van der Waals surface area contributed by atoms with Crippen LogP contribution < -0.4 is 5.73 Å². The van der Waals surface area contributed by atoms with Crippen molar-refractivity contribution in [2.24, 2.45) is 17.6 Å². The number of nitrogens with two attached hydrogens (primary N) is 1. The van der Waals surface area contributed by atoms with Gasteiger partial charge in [0.2, 0.25) is 0 Å². The van der Waals surface area contributed by atoms with Gasteiger partial charge in [-0.05, 0) is 51.4 Å². The fraction of sp³-hybridized carbons (Fsp3) is 1.00. The van der Waals surface area contributed by atoms with E-state index in [4.69, 9.17) is 5.73 Å². The molecule has 0 bridgehead atoms. The van der Waals surface area contributed by atoms with E-state index in [0.29, 0.717) is 11.7 Å². The van der Waals surface area contributed by atoms with Crippen LogP contribution in [0.5, 0.6) is 0 Å². The highest BCUT2D eigenvalue weighted by Gasteiger charge is 2.28. The summed E-state index contributed by atoms with van der Waals surface area (Å²) >= 11 is 0. The molecule has 0 aromatic rings. The Morgan fingerprint density at radius 2 is 1.94 bits per heavy atom. The van der Waals surface area contributed by atoms with Gasteiger partial charge in [0.05, 0.1) is 11.0 Å². The molecular formula is C13H27NO2S. The molecule has 102 valence electrons. The smallest absolute Gasteiger partial charge is 0.152 e. The maximum Gasteiger partial charge on any atom is 0.152 e. The summed E-state index contributed by atoms with van der Waals surface area (Å²) in [5.74, 6) is 1.46. The average Bonchev–Trinajstić information content (AvgIpc) is 2.28. The largest absolute Gasteiger partial charge is 0.327 e. The SMILES string of the molecule is CCC1CCC(N)C(CCS(=O)(=O)C(C)C)C1. The van der Waals surface area contributed by atoms with Crippen molar-refractivity contribution in [2.75, 3.05) is 5.75 Å². The molecule has 3 nitrogen and oxygen atoms in total. The Bertz CT molecular complexity index is 324. The quantitative estimate of drug-likeness (QED) is 0.826. The molecule has 3 atom stereocenters. The first kappa shape index (κ1) is 15.0.